The van der Waals surface area contributed by atoms with Crippen LogP contribution in [0, 0.1) is 0 Å². The summed E-state index contributed by atoms with van der Waals surface area (Å²) in [4.78, 5) is 12.2. The van der Waals surface area contributed by atoms with Crippen LogP contribution in [0.15, 0.2) is 42.5 Å². The van der Waals surface area contributed by atoms with Crippen LogP contribution in [-0.2, 0) is 4.74 Å². The Morgan fingerprint density at radius 3 is 2.52 bits per heavy atom. The number of halogens is 2. The van der Waals surface area contributed by atoms with E-state index in [1.165, 1.54) is 0 Å². The Morgan fingerprint density at radius 1 is 1.12 bits per heavy atom. The third-order valence-corrected chi connectivity index (χ3v) is 3.85. The zero-order valence-corrected chi connectivity index (χ0v) is 15.7. The maximum atomic E-state index is 12.2. The topological polar surface area (TPSA) is 59.6 Å². The van der Waals surface area contributed by atoms with E-state index in [1.807, 2.05) is 0 Å². The predicted molar refractivity (Wildman–Crippen MR) is 104 cm³/mol. The molecule has 0 unspecified atom stereocenters. The molecule has 2 aromatic carbocycles. The van der Waals surface area contributed by atoms with E-state index in [2.05, 4.69) is 10.6 Å². The van der Waals surface area contributed by atoms with Gasteiger partial charge in [0.15, 0.2) is 5.11 Å². The van der Waals surface area contributed by atoms with E-state index in [4.69, 9.17) is 44.9 Å². The van der Waals surface area contributed by atoms with Crippen molar-refractivity contribution in [2.24, 2.45) is 0 Å². The van der Waals surface area contributed by atoms with Gasteiger partial charge in [-0.2, -0.15) is 0 Å². The average Bonchev–Trinajstić information content (AvgIpc) is 2.59. The molecule has 0 aliphatic heterocycles. The number of hydrogen-bond acceptors (Lipinski definition) is 4. The number of rotatable bonds is 6. The van der Waals surface area contributed by atoms with E-state index in [1.54, 1.807) is 49.6 Å². The summed E-state index contributed by atoms with van der Waals surface area (Å²) in [7, 11) is 1.60. The van der Waals surface area contributed by atoms with Crippen molar-refractivity contribution in [1.82, 2.24) is 5.32 Å². The fourth-order valence-electron chi connectivity index (χ4n) is 1.87. The Balaban J connectivity index is 1.92. The molecule has 0 spiro atoms. The van der Waals surface area contributed by atoms with E-state index in [9.17, 15) is 4.79 Å². The van der Waals surface area contributed by atoms with Crippen LogP contribution >= 0.6 is 35.4 Å². The van der Waals surface area contributed by atoms with Gasteiger partial charge in [-0.3, -0.25) is 10.1 Å². The first kappa shape index (κ1) is 19.5. The van der Waals surface area contributed by atoms with Crippen molar-refractivity contribution < 1.29 is 14.3 Å². The van der Waals surface area contributed by atoms with Crippen molar-refractivity contribution in [3.8, 4) is 5.75 Å². The molecule has 25 heavy (non-hydrogen) atoms. The molecule has 132 valence electrons. The van der Waals surface area contributed by atoms with Crippen molar-refractivity contribution in [3.05, 3.63) is 58.1 Å². The van der Waals surface area contributed by atoms with Gasteiger partial charge in [0.05, 0.1) is 17.3 Å². The summed E-state index contributed by atoms with van der Waals surface area (Å²) in [5.74, 6) is 0.305. The number of amides is 1. The number of carbonyl (C=O) groups excluding carboxylic acids is 1. The Labute approximate surface area is 161 Å². The molecule has 0 aliphatic rings. The molecule has 0 aliphatic carbocycles. The number of thiocarbonyl (C=S) groups is 1. The number of nitrogens with one attached hydrogen (secondary N) is 2. The van der Waals surface area contributed by atoms with Crippen LogP contribution in [0.5, 0.6) is 5.75 Å². The number of methoxy groups -OCH3 is 1. The third-order valence-electron chi connectivity index (χ3n) is 3.08. The highest BCUT2D eigenvalue weighted by Gasteiger charge is 2.10. The molecule has 0 atom stereocenters. The largest absolute Gasteiger partial charge is 0.491 e. The molecule has 0 radical (unpaired) electrons. The molecule has 2 N–H and O–H groups in total. The zero-order valence-electron chi connectivity index (χ0n) is 13.3. The van der Waals surface area contributed by atoms with Gasteiger partial charge < -0.3 is 14.8 Å². The summed E-state index contributed by atoms with van der Waals surface area (Å²) in [5.41, 5.74) is 0.960. The Bertz CT molecular complexity index is 754. The summed E-state index contributed by atoms with van der Waals surface area (Å²) in [6.07, 6.45) is 0. The van der Waals surface area contributed by atoms with E-state index in [0.29, 0.717) is 40.3 Å². The van der Waals surface area contributed by atoms with Crippen LogP contribution in [-0.4, -0.2) is 31.3 Å². The molecular formula is C17H16Cl2N2O3S. The monoisotopic (exact) mass is 398 g/mol. The lowest BCUT2D eigenvalue weighted by molar-refractivity contribution is 0.0977. The quantitative estimate of drug-likeness (QED) is 0.565. The van der Waals surface area contributed by atoms with Crippen LogP contribution in [0.3, 0.4) is 0 Å². The Morgan fingerprint density at radius 2 is 1.84 bits per heavy atom. The van der Waals surface area contributed by atoms with Gasteiger partial charge in [-0.15, -0.1) is 0 Å². The smallest absolute Gasteiger partial charge is 0.257 e. The number of ether oxygens (including phenoxy) is 2. The third kappa shape index (κ3) is 6.17. The van der Waals surface area contributed by atoms with Gasteiger partial charge in [-0.25, -0.2) is 0 Å². The van der Waals surface area contributed by atoms with Crippen molar-refractivity contribution >= 4 is 52.1 Å². The number of benzene rings is 2. The lowest BCUT2D eigenvalue weighted by Gasteiger charge is -2.11. The molecule has 2 aromatic rings. The standard InChI is InChI=1S/C17H16Cl2N2O3S/c1-23-8-9-24-13-5-2-11(3-6-13)16(22)21-17(25)20-15-10-12(18)4-7-14(15)19/h2-7,10H,8-9H2,1H3,(H2,20,21,22,25). The van der Waals surface area contributed by atoms with Gasteiger partial charge >= 0.3 is 0 Å². The maximum absolute atomic E-state index is 12.2. The first-order chi connectivity index (χ1) is 12.0. The van der Waals surface area contributed by atoms with Gasteiger partial charge in [0.2, 0.25) is 0 Å². The predicted octanol–water partition coefficient (Wildman–Crippen LogP) is 4.15. The van der Waals surface area contributed by atoms with Gasteiger partial charge in [0.1, 0.15) is 12.4 Å². The molecule has 0 saturated carbocycles. The molecule has 0 saturated heterocycles. The van der Waals surface area contributed by atoms with Crippen LogP contribution in [0.4, 0.5) is 5.69 Å². The second kappa shape index (κ2) is 9.58. The fourth-order valence-corrected chi connectivity index (χ4v) is 2.41. The molecule has 0 bridgehead atoms. The summed E-state index contributed by atoms with van der Waals surface area (Å²) in [6.45, 7) is 0.935. The molecule has 8 heteroatoms. The van der Waals surface area contributed by atoms with Gasteiger partial charge in [0, 0.05) is 17.7 Å². The average molecular weight is 399 g/mol. The van der Waals surface area contributed by atoms with Crippen molar-refractivity contribution in [3.63, 3.8) is 0 Å². The molecule has 2 rings (SSSR count). The number of carbonyl (C=O) groups is 1. The van der Waals surface area contributed by atoms with Crippen molar-refractivity contribution in [2.45, 2.75) is 0 Å². The van der Waals surface area contributed by atoms with Gasteiger partial charge in [-0.1, -0.05) is 23.2 Å². The summed E-state index contributed by atoms with van der Waals surface area (Å²) < 4.78 is 10.3. The van der Waals surface area contributed by atoms with Gasteiger partial charge in [-0.05, 0) is 54.7 Å². The van der Waals surface area contributed by atoms with E-state index < -0.39 is 0 Å². The fraction of sp³-hybridized carbons (Fsp3) is 0.176. The van der Waals surface area contributed by atoms with E-state index in [-0.39, 0.29) is 11.0 Å². The molecule has 0 aromatic heterocycles. The maximum Gasteiger partial charge on any atom is 0.257 e. The second-order valence-corrected chi connectivity index (χ2v) is 6.15. The summed E-state index contributed by atoms with van der Waals surface area (Å²) in [6, 6.07) is 11.6. The highest BCUT2D eigenvalue weighted by Crippen LogP contribution is 2.25. The number of hydrogen-bond donors (Lipinski definition) is 2. The number of anilines is 1. The van der Waals surface area contributed by atoms with Crippen molar-refractivity contribution in [2.75, 3.05) is 25.6 Å². The summed E-state index contributed by atoms with van der Waals surface area (Å²) >= 11 is 17.1. The Kier molecular flexibility index (Phi) is 7.46. The molecule has 1 amide bonds. The second-order valence-electron chi connectivity index (χ2n) is 4.90. The summed E-state index contributed by atoms with van der Waals surface area (Å²) in [5, 5.41) is 6.49. The molecule has 0 heterocycles. The Hall–Kier alpha value is -1.86. The minimum atomic E-state index is -0.348. The van der Waals surface area contributed by atoms with E-state index >= 15 is 0 Å². The zero-order chi connectivity index (χ0) is 18.2. The molecular weight excluding hydrogens is 383 g/mol. The van der Waals surface area contributed by atoms with Crippen molar-refractivity contribution in [1.29, 1.82) is 0 Å². The van der Waals surface area contributed by atoms with Gasteiger partial charge in [0.25, 0.3) is 5.91 Å². The normalized spacial score (nSPS) is 10.2. The highest BCUT2D eigenvalue weighted by atomic mass is 35.5. The minimum Gasteiger partial charge on any atom is -0.491 e. The lowest BCUT2D eigenvalue weighted by Crippen LogP contribution is -2.34. The minimum absolute atomic E-state index is 0.120. The lowest BCUT2D eigenvalue weighted by atomic mass is 10.2. The highest BCUT2D eigenvalue weighted by molar-refractivity contribution is 7.80. The van der Waals surface area contributed by atoms with Crippen LogP contribution in [0.2, 0.25) is 10.0 Å². The van der Waals surface area contributed by atoms with Crippen LogP contribution in [0.1, 0.15) is 10.4 Å². The SMILES string of the molecule is COCCOc1ccc(C(=O)NC(=S)Nc2cc(Cl)ccc2Cl)cc1. The molecule has 0 fully saturated rings. The first-order valence-corrected chi connectivity index (χ1v) is 8.45. The van der Waals surface area contributed by atoms with E-state index in [0.717, 1.165) is 0 Å². The molecule has 5 nitrogen and oxygen atoms in total. The first-order valence-electron chi connectivity index (χ1n) is 7.29. The van der Waals surface area contributed by atoms with Crippen LogP contribution < -0.4 is 15.4 Å². The van der Waals surface area contributed by atoms with Crippen LogP contribution in [0.25, 0.3) is 0 Å².